The molecule has 18 heavy (non-hydrogen) atoms. The summed E-state index contributed by atoms with van der Waals surface area (Å²) in [6, 6.07) is 3.55. The van der Waals surface area contributed by atoms with E-state index in [2.05, 4.69) is 17.2 Å². The highest BCUT2D eigenvalue weighted by Crippen LogP contribution is 2.20. The van der Waals surface area contributed by atoms with Gasteiger partial charge in [0.25, 0.3) is 0 Å². The number of carbonyl (C=O) groups is 2. The van der Waals surface area contributed by atoms with E-state index < -0.39 is 12.0 Å². The molecule has 1 aromatic rings. The largest absolute Gasteiger partial charge is 0.478 e. The molecule has 7 heteroatoms. The average Bonchev–Trinajstić information content (AvgIpc) is 2.28. The average molecular weight is 289 g/mol. The summed E-state index contributed by atoms with van der Waals surface area (Å²) in [6.07, 6.45) is 0. The van der Waals surface area contributed by atoms with E-state index in [9.17, 15) is 9.59 Å². The lowest BCUT2D eigenvalue weighted by Gasteiger charge is -2.09. The first-order valence-corrected chi connectivity index (χ1v) is 5.56. The van der Waals surface area contributed by atoms with Gasteiger partial charge >= 0.3 is 12.0 Å². The predicted octanol–water partition coefficient (Wildman–Crippen LogP) is 2.91. The molecule has 0 heterocycles. The molecule has 0 aliphatic heterocycles. The Labute approximate surface area is 113 Å². The summed E-state index contributed by atoms with van der Waals surface area (Å²) in [5.74, 6) is -1.19. The number of rotatable bonds is 4. The second kappa shape index (κ2) is 6.28. The third-order valence-electron chi connectivity index (χ3n) is 1.90. The summed E-state index contributed by atoms with van der Waals surface area (Å²) < 4.78 is 0. The first-order chi connectivity index (χ1) is 8.40. The van der Waals surface area contributed by atoms with E-state index in [1.54, 1.807) is 0 Å². The summed E-state index contributed by atoms with van der Waals surface area (Å²) in [7, 11) is 0. The first-order valence-electron chi connectivity index (χ1n) is 4.81. The molecule has 0 aromatic heterocycles. The second-order valence-electron chi connectivity index (χ2n) is 3.32. The van der Waals surface area contributed by atoms with Crippen LogP contribution in [0.5, 0.6) is 0 Å². The van der Waals surface area contributed by atoms with Crippen LogP contribution < -0.4 is 10.6 Å². The van der Waals surface area contributed by atoms with Gasteiger partial charge in [-0.15, -0.1) is 0 Å². The molecular weight excluding hydrogens is 279 g/mol. The third-order valence-corrected chi connectivity index (χ3v) is 2.27. The number of nitrogens with one attached hydrogen (secondary N) is 2. The zero-order valence-corrected chi connectivity index (χ0v) is 10.7. The Morgan fingerprint density at radius 1 is 1.39 bits per heavy atom. The summed E-state index contributed by atoms with van der Waals surface area (Å²) in [4.78, 5) is 22.4. The molecule has 0 atom stereocenters. The zero-order chi connectivity index (χ0) is 13.7. The van der Waals surface area contributed by atoms with Crippen molar-refractivity contribution in [2.45, 2.75) is 0 Å². The van der Waals surface area contributed by atoms with Crippen LogP contribution in [-0.4, -0.2) is 23.7 Å². The van der Waals surface area contributed by atoms with Gasteiger partial charge in [-0.1, -0.05) is 29.8 Å². The number of urea groups is 1. The van der Waals surface area contributed by atoms with Gasteiger partial charge < -0.3 is 15.7 Å². The highest BCUT2D eigenvalue weighted by atomic mass is 35.5. The summed E-state index contributed by atoms with van der Waals surface area (Å²) in [5, 5.41) is 14.3. The van der Waals surface area contributed by atoms with E-state index in [1.807, 2.05) is 0 Å². The molecule has 0 fully saturated rings. The minimum absolute atomic E-state index is 0.0867. The summed E-state index contributed by atoms with van der Waals surface area (Å²) in [5.41, 5.74) is 0.0481. The maximum atomic E-state index is 11.4. The van der Waals surface area contributed by atoms with E-state index in [0.29, 0.717) is 0 Å². The number of carboxylic acid groups (broad SMARTS) is 1. The Balaban J connectivity index is 2.81. The number of anilines is 1. The molecule has 5 nitrogen and oxygen atoms in total. The molecule has 0 aliphatic rings. The number of benzene rings is 1. The van der Waals surface area contributed by atoms with Gasteiger partial charge in [0.1, 0.15) is 0 Å². The van der Waals surface area contributed by atoms with Crippen molar-refractivity contribution in [1.29, 1.82) is 0 Å². The number of aromatic carboxylic acids is 1. The fourth-order valence-corrected chi connectivity index (χ4v) is 1.38. The van der Waals surface area contributed by atoms with Gasteiger partial charge in [-0.2, -0.15) is 0 Å². The molecule has 2 amide bonds. The molecule has 0 bridgehead atoms. The van der Waals surface area contributed by atoms with Crippen molar-refractivity contribution in [3.8, 4) is 0 Å². The normalized spacial score (nSPS) is 9.67. The molecule has 0 radical (unpaired) electrons. The van der Waals surface area contributed by atoms with Crippen molar-refractivity contribution in [1.82, 2.24) is 5.32 Å². The van der Waals surface area contributed by atoms with Crippen LogP contribution in [0.25, 0.3) is 0 Å². The Morgan fingerprint density at radius 3 is 2.61 bits per heavy atom. The molecule has 0 aliphatic carbocycles. The van der Waals surface area contributed by atoms with Crippen LogP contribution in [0.2, 0.25) is 5.02 Å². The van der Waals surface area contributed by atoms with E-state index in [1.165, 1.54) is 18.2 Å². The minimum Gasteiger partial charge on any atom is -0.478 e. The predicted molar refractivity (Wildman–Crippen MR) is 70.4 cm³/mol. The monoisotopic (exact) mass is 288 g/mol. The highest BCUT2D eigenvalue weighted by Gasteiger charge is 2.12. The standard InChI is InChI=1S/C11H10Cl2N2O3/c1-6(12)5-14-11(18)15-9-3-2-7(13)4-8(9)10(16)17/h2-4H,1,5H2,(H,16,17)(H2,14,15,18). The summed E-state index contributed by atoms with van der Waals surface area (Å²) in [6.45, 7) is 3.49. The number of hydrogen-bond acceptors (Lipinski definition) is 2. The quantitative estimate of drug-likeness (QED) is 0.797. The van der Waals surface area contributed by atoms with Crippen LogP contribution in [0.4, 0.5) is 10.5 Å². The Bertz CT molecular complexity index is 503. The van der Waals surface area contributed by atoms with E-state index >= 15 is 0 Å². The van der Waals surface area contributed by atoms with Gasteiger partial charge in [-0.3, -0.25) is 0 Å². The molecule has 0 spiro atoms. The van der Waals surface area contributed by atoms with Crippen molar-refractivity contribution in [2.75, 3.05) is 11.9 Å². The minimum atomic E-state index is -1.19. The number of halogens is 2. The van der Waals surface area contributed by atoms with Gasteiger partial charge in [0.15, 0.2) is 0 Å². The summed E-state index contributed by atoms with van der Waals surface area (Å²) >= 11 is 11.2. The van der Waals surface area contributed by atoms with Crippen molar-refractivity contribution < 1.29 is 14.7 Å². The van der Waals surface area contributed by atoms with Gasteiger partial charge in [-0.25, -0.2) is 9.59 Å². The smallest absolute Gasteiger partial charge is 0.337 e. The van der Waals surface area contributed by atoms with Gasteiger partial charge in [0, 0.05) is 10.1 Å². The van der Waals surface area contributed by atoms with Crippen molar-refractivity contribution >= 4 is 40.9 Å². The van der Waals surface area contributed by atoms with Gasteiger partial charge in [0.2, 0.25) is 0 Å². The van der Waals surface area contributed by atoms with Crippen LogP contribution in [0.15, 0.2) is 29.8 Å². The lowest BCUT2D eigenvalue weighted by Crippen LogP contribution is -2.30. The lowest BCUT2D eigenvalue weighted by atomic mass is 10.2. The zero-order valence-electron chi connectivity index (χ0n) is 9.17. The molecule has 1 rings (SSSR count). The topological polar surface area (TPSA) is 78.4 Å². The maximum Gasteiger partial charge on any atom is 0.337 e. The van der Waals surface area contributed by atoms with Gasteiger partial charge in [0.05, 0.1) is 17.8 Å². The third kappa shape index (κ3) is 4.27. The van der Waals surface area contributed by atoms with Crippen LogP contribution >= 0.6 is 23.2 Å². The number of carbonyl (C=O) groups excluding carboxylic acids is 1. The van der Waals surface area contributed by atoms with Crippen LogP contribution in [0.1, 0.15) is 10.4 Å². The molecule has 0 unspecified atom stereocenters. The van der Waals surface area contributed by atoms with E-state index in [0.717, 1.165) is 0 Å². The molecule has 3 N–H and O–H groups in total. The van der Waals surface area contributed by atoms with Crippen LogP contribution in [0, 0.1) is 0 Å². The number of hydrogen-bond donors (Lipinski definition) is 3. The second-order valence-corrected chi connectivity index (χ2v) is 4.29. The van der Waals surface area contributed by atoms with Crippen molar-refractivity contribution in [2.24, 2.45) is 0 Å². The van der Waals surface area contributed by atoms with Crippen molar-refractivity contribution in [3.05, 3.63) is 40.4 Å². The lowest BCUT2D eigenvalue weighted by molar-refractivity contribution is 0.0698. The van der Waals surface area contributed by atoms with E-state index in [-0.39, 0.29) is 27.9 Å². The highest BCUT2D eigenvalue weighted by molar-refractivity contribution is 6.31. The molecular formula is C11H10Cl2N2O3. The SMILES string of the molecule is C=C(Cl)CNC(=O)Nc1ccc(Cl)cc1C(=O)O. The molecule has 0 saturated carbocycles. The van der Waals surface area contributed by atoms with Crippen LogP contribution in [-0.2, 0) is 0 Å². The Kier molecular flexibility index (Phi) is 5.00. The van der Waals surface area contributed by atoms with Gasteiger partial charge in [-0.05, 0) is 18.2 Å². The molecule has 0 saturated heterocycles. The van der Waals surface area contributed by atoms with E-state index in [4.69, 9.17) is 28.3 Å². The first kappa shape index (κ1) is 14.3. The number of carboxylic acids is 1. The molecule has 96 valence electrons. The Hall–Kier alpha value is -1.72. The van der Waals surface area contributed by atoms with Crippen molar-refractivity contribution in [3.63, 3.8) is 0 Å². The fourth-order valence-electron chi connectivity index (χ4n) is 1.15. The molecule has 1 aromatic carbocycles. The number of amides is 2. The maximum absolute atomic E-state index is 11.4. The Morgan fingerprint density at radius 2 is 2.06 bits per heavy atom. The fraction of sp³-hybridized carbons (Fsp3) is 0.0909. The van der Waals surface area contributed by atoms with Crippen LogP contribution in [0.3, 0.4) is 0 Å².